The fourth-order valence-electron chi connectivity index (χ4n) is 0.675. The third-order valence-electron chi connectivity index (χ3n) is 1.22. The molecule has 0 aliphatic heterocycles. The number of hydrogen-bond acceptors (Lipinski definition) is 2. The lowest BCUT2D eigenvalue weighted by Gasteiger charge is -2.03. The van der Waals surface area contributed by atoms with Gasteiger partial charge in [0.05, 0.1) is 12.1 Å². The van der Waals surface area contributed by atoms with Crippen molar-refractivity contribution in [1.82, 2.24) is 0 Å². The van der Waals surface area contributed by atoms with E-state index < -0.39 is 5.82 Å². The second kappa shape index (κ2) is 3.32. The molecule has 0 saturated carbocycles. The second-order valence-corrected chi connectivity index (χ2v) is 2.83. The van der Waals surface area contributed by atoms with Gasteiger partial charge in [0, 0.05) is 11.0 Å². The van der Waals surface area contributed by atoms with Crippen molar-refractivity contribution in [1.29, 1.82) is 0 Å². The van der Waals surface area contributed by atoms with Gasteiger partial charge in [0.2, 0.25) is 0 Å². The van der Waals surface area contributed by atoms with E-state index in [0.717, 1.165) is 0 Å². The maximum atomic E-state index is 12.7. The van der Waals surface area contributed by atoms with Crippen LogP contribution in [0.15, 0.2) is 17.0 Å². The SMILES string of the molecule is COc1cc(F)c(S)cc1Cl. The first-order valence-corrected chi connectivity index (χ1v) is 3.69. The lowest BCUT2D eigenvalue weighted by Crippen LogP contribution is -1.86. The Morgan fingerprint density at radius 1 is 1.55 bits per heavy atom. The van der Waals surface area contributed by atoms with Crippen LogP contribution in [0.5, 0.6) is 5.75 Å². The smallest absolute Gasteiger partial charge is 0.140 e. The minimum absolute atomic E-state index is 0.218. The van der Waals surface area contributed by atoms with Gasteiger partial charge in [-0.1, -0.05) is 11.6 Å². The average molecular weight is 193 g/mol. The van der Waals surface area contributed by atoms with Crippen LogP contribution in [0.2, 0.25) is 5.02 Å². The Morgan fingerprint density at radius 3 is 2.73 bits per heavy atom. The molecule has 0 aliphatic carbocycles. The van der Waals surface area contributed by atoms with Gasteiger partial charge < -0.3 is 4.74 Å². The summed E-state index contributed by atoms with van der Waals surface area (Å²) in [6.45, 7) is 0. The lowest BCUT2D eigenvalue weighted by atomic mass is 10.3. The zero-order valence-corrected chi connectivity index (χ0v) is 7.42. The first kappa shape index (κ1) is 8.68. The summed E-state index contributed by atoms with van der Waals surface area (Å²) in [5.41, 5.74) is 0. The van der Waals surface area contributed by atoms with Crippen LogP contribution >= 0.6 is 24.2 Å². The third-order valence-corrected chi connectivity index (χ3v) is 1.86. The molecule has 4 heteroatoms. The topological polar surface area (TPSA) is 9.23 Å². The van der Waals surface area contributed by atoms with Gasteiger partial charge in [0.1, 0.15) is 11.6 Å². The largest absolute Gasteiger partial charge is 0.495 e. The third kappa shape index (κ3) is 1.79. The number of benzene rings is 1. The van der Waals surface area contributed by atoms with Crippen LogP contribution in [0.1, 0.15) is 0 Å². The number of halogens is 2. The van der Waals surface area contributed by atoms with Crippen molar-refractivity contribution in [2.45, 2.75) is 4.90 Å². The number of ether oxygens (including phenoxy) is 1. The van der Waals surface area contributed by atoms with Gasteiger partial charge in [-0.2, -0.15) is 0 Å². The van der Waals surface area contributed by atoms with Gasteiger partial charge in [-0.25, -0.2) is 4.39 Å². The van der Waals surface area contributed by atoms with E-state index in [1.165, 1.54) is 19.2 Å². The Morgan fingerprint density at radius 2 is 2.18 bits per heavy atom. The van der Waals surface area contributed by atoms with Crippen LogP contribution in [0.4, 0.5) is 4.39 Å². The van der Waals surface area contributed by atoms with Crippen molar-refractivity contribution in [3.8, 4) is 5.75 Å². The molecule has 1 rings (SSSR count). The fraction of sp³-hybridized carbons (Fsp3) is 0.143. The molecule has 0 heterocycles. The Hall–Kier alpha value is -0.410. The van der Waals surface area contributed by atoms with Crippen molar-refractivity contribution in [3.05, 3.63) is 23.0 Å². The molecule has 1 aromatic rings. The predicted octanol–water partition coefficient (Wildman–Crippen LogP) is 2.78. The summed E-state index contributed by atoms with van der Waals surface area (Å²) in [7, 11) is 1.43. The number of hydrogen-bond donors (Lipinski definition) is 1. The Labute approximate surface area is 74.5 Å². The number of rotatable bonds is 1. The van der Waals surface area contributed by atoms with E-state index in [0.29, 0.717) is 10.8 Å². The molecule has 0 fully saturated rings. The van der Waals surface area contributed by atoms with E-state index >= 15 is 0 Å². The molecule has 0 atom stereocenters. The highest BCUT2D eigenvalue weighted by molar-refractivity contribution is 7.80. The van der Waals surface area contributed by atoms with Crippen LogP contribution in [0, 0.1) is 5.82 Å². The molecule has 0 aromatic heterocycles. The summed E-state index contributed by atoms with van der Waals surface area (Å²) in [6, 6.07) is 2.60. The van der Waals surface area contributed by atoms with Gasteiger partial charge in [-0.3, -0.25) is 0 Å². The monoisotopic (exact) mass is 192 g/mol. The van der Waals surface area contributed by atoms with Crippen molar-refractivity contribution >= 4 is 24.2 Å². The zero-order valence-electron chi connectivity index (χ0n) is 5.77. The molecule has 0 spiro atoms. The summed E-state index contributed by atoms with van der Waals surface area (Å²) in [6.07, 6.45) is 0. The maximum Gasteiger partial charge on any atom is 0.140 e. The molecule has 0 saturated heterocycles. The summed E-state index contributed by atoms with van der Waals surface area (Å²) >= 11 is 9.50. The first-order chi connectivity index (χ1) is 5.15. The Balaban J connectivity index is 3.21. The first-order valence-electron chi connectivity index (χ1n) is 2.87. The predicted molar refractivity (Wildman–Crippen MR) is 45.2 cm³/mol. The van der Waals surface area contributed by atoms with Crippen LogP contribution in [-0.2, 0) is 0 Å². The molecule has 1 nitrogen and oxygen atoms in total. The summed E-state index contributed by atoms with van der Waals surface area (Å²) in [5, 5.41) is 0.360. The molecule has 0 aliphatic rings. The minimum atomic E-state index is -0.436. The lowest BCUT2D eigenvalue weighted by molar-refractivity contribution is 0.410. The van der Waals surface area contributed by atoms with Crippen molar-refractivity contribution in [2.24, 2.45) is 0 Å². The van der Waals surface area contributed by atoms with Gasteiger partial charge in [0.25, 0.3) is 0 Å². The highest BCUT2D eigenvalue weighted by Crippen LogP contribution is 2.28. The standard InChI is InChI=1S/C7H6ClFOS/c1-10-6-3-5(9)7(11)2-4(6)8/h2-3,11H,1H3. The van der Waals surface area contributed by atoms with E-state index in [1.54, 1.807) is 0 Å². The van der Waals surface area contributed by atoms with Gasteiger partial charge >= 0.3 is 0 Å². The molecule has 0 N–H and O–H groups in total. The summed E-state index contributed by atoms with van der Waals surface area (Å²) in [5.74, 6) is -0.114. The van der Waals surface area contributed by atoms with Crippen LogP contribution in [-0.4, -0.2) is 7.11 Å². The molecule has 60 valence electrons. The van der Waals surface area contributed by atoms with E-state index in [-0.39, 0.29) is 4.90 Å². The van der Waals surface area contributed by atoms with E-state index in [4.69, 9.17) is 16.3 Å². The second-order valence-electron chi connectivity index (χ2n) is 1.94. The molecular weight excluding hydrogens is 187 g/mol. The molecule has 0 amide bonds. The van der Waals surface area contributed by atoms with Crippen molar-refractivity contribution in [2.75, 3.05) is 7.11 Å². The Bertz CT molecular complexity index is 277. The molecule has 0 radical (unpaired) electrons. The molecular formula is C7H6ClFOS. The van der Waals surface area contributed by atoms with E-state index in [1.807, 2.05) is 0 Å². The molecule has 0 bridgehead atoms. The van der Waals surface area contributed by atoms with Crippen molar-refractivity contribution < 1.29 is 9.13 Å². The van der Waals surface area contributed by atoms with Crippen LogP contribution < -0.4 is 4.74 Å². The Kier molecular flexibility index (Phi) is 2.62. The molecule has 1 aromatic carbocycles. The highest BCUT2D eigenvalue weighted by Gasteiger charge is 2.05. The zero-order chi connectivity index (χ0) is 8.43. The normalized spacial score (nSPS) is 9.82. The van der Waals surface area contributed by atoms with E-state index in [2.05, 4.69) is 12.6 Å². The summed E-state index contributed by atoms with van der Waals surface area (Å²) < 4.78 is 17.5. The maximum absolute atomic E-state index is 12.7. The molecule has 0 unspecified atom stereocenters. The van der Waals surface area contributed by atoms with Crippen molar-refractivity contribution in [3.63, 3.8) is 0 Å². The molecule has 11 heavy (non-hydrogen) atoms. The van der Waals surface area contributed by atoms with Gasteiger partial charge in [-0.05, 0) is 6.07 Å². The summed E-state index contributed by atoms with van der Waals surface area (Å²) in [4.78, 5) is 0.218. The van der Waals surface area contributed by atoms with Crippen LogP contribution in [0.3, 0.4) is 0 Å². The van der Waals surface area contributed by atoms with E-state index in [9.17, 15) is 4.39 Å². The highest BCUT2D eigenvalue weighted by atomic mass is 35.5. The van der Waals surface area contributed by atoms with Gasteiger partial charge in [0.15, 0.2) is 0 Å². The minimum Gasteiger partial charge on any atom is -0.495 e. The fourth-order valence-corrected chi connectivity index (χ4v) is 1.19. The number of thiol groups is 1. The average Bonchev–Trinajstić information content (AvgIpc) is 1.97. The quantitative estimate of drug-likeness (QED) is 0.674. The van der Waals surface area contributed by atoms with Crippen LogP contribution in [0.25, 0.3) is 0 Å². The van der Waals surface area contributed by atoms with Gasteiger partial charge in [-0.15, -0.1) is 12.6 Å². The number of methoxy groups -OCH3 is 1.